The summed E-state index contributed by atoms with van der Waals surface area (Å²) in [6, 6.07) is 7.89. The molecule has 6 heteroatoms. The van der Waals surface area contributed by atoms with E-state index in [0.717, 1.165) is 21.3 Å². The van der Waals surface area contributed by atoms with E-state index < -0.39 is 0 Å². The number of urea groups is 1. The quantitative estimate of drug-likeness (QED) is 0.906. The second kappa shape index (κ2) is 6.03. The number of hydrogen-bond donors (Lipinski definition) is 2. The normalized spacial score (nSPS) is 20.1. The van der Waals surface area contributed by atoms with Crippen LogP contribution in [0.2, 0.25) is 5.02 Å². The van der Waals surface area contributed by atoms with Crippen molar-refractivity contribution in [1.82, 2.24) is 15.6 Å². The summed E-state index contributed by atoms with van der Waals surface area (Å²) in [6.07, 6.45) is 2.76. The van der Waals surface area contributed by atoms with Gasteiger partial charge in [-0.3, -0.25) is 0 Å². The molecular weight excluding hydrogens is 306 g/mol. The zero-order chi connectivity index (χ0) is 14.8. The lowest BCUT2D eigenvalue weighted by Crippen LogP contribution is -2.36. The van der Waals surface area contributed by atoms with E-state index in [1.165, 1.54) is 5.56 Å². The molecule has 2 atom stereocenters. The molecule has 0 radical (unpaired) electrons. The average molecular weight is 322 g/mol. The fourth-order valence-corrected chi connectivity index (χ4v) is 3.27. The van der Waals surface area contributed by atoms with E-state index in [4.69, 9.17) is 11.6 Å². The van der Waals surface area contributed by atoms with E-state index in [-0.39, 0.29) is 12.1 Å². The van der Waals surface area contributed by atoms with E-state index in [9.17, 15) is 4.79 Å². The first-order chi connectivity index (χ1) is 10.1. The van der Waals surface area contributed by atoms with Crippen LogP contribution in [0.5, 0.6) is 0 Å². The van der Waals surface area contributed by atoms with Crippen molar-refractivity contribution in [2.45, 2.75) is 31.8 Å². The number of aryl methyl sites for hydroxylation is 1. The summed E-state index contributed by atoms with van der Waals surface area (Å²) >= 11 is 7.58. The van der Waals surface area contributed by atoms with Crippen LogP contribution in [0, 0.1) is 6.92 Å². The molecule has 2 N–H and O–H groups in total. The van der Waals surface area contributed by atoms with Crippen LogP contribution in [0.25, 0.3) is 0 Å². The lowest BCUT2D eigenvalue weighted by molar-refractivity contribution is 0.240. The first-order valence-corrected chi connectivity index (χ1v) is 8.02. The highest BCUT2D eigenvalue weighted by Gasteiger charge is 2.39. The molecule has 0 spiro atoms. The number of nitrogens with one attached hydrogen (secondary N) is 2. The Morgan fingerprint density at radius 2 is 2.38 bits per heavy atom. The highest BCUT2D eigenvalue weighted by Crippen LogP contribution is 2.41. The molecule has 1 fully saturated rings. The van der Waals surface area contributed by atoms with Crippen molar-refractivity contribution in [2.24, 2.45) is 0 Å². The van der Waals surface area contributed by atoms with Crippen LogP contribution in [0.1, 0.15) is 27.8 Å². The van der Waals surface area contributed by atoms with Crippen molar-refractivity contribution in [3.8, 4) is 0 Å². The number of hydrogen-bond acceptors (Lipinski definition) is 3. The molecule has 2 amide bonds. The summed E-state index contributed by atoms with van der Waals surface area (Å²) in [5.41, 5.74) is 1.19. The summed E-state index contributed by atoms with van der Waals surface area (Å²) < 4.78 is 0. The third-order valence-corrected chi connectivity index (χ3v) is 4.62. The molecule has 1 aromatic carbocycles. The van der Waals surface area contributed by atoms with Gasteiger partial charge in [-0.1, -0.05) is 23.7 Å². The second-order valence-electron chi connectivity index (χ2n) is 5.18. The molecule has 1 heterocycles. The molecular formula is C15H16ClN3OS. The van der Waals surface area contributed by atoms with Crippen molar-refractivity contribution in [1.29, 1.82) is 0 Å². The van der Waals surface area contributed by atoms with Crippen molar-refractivity contribution in [2.75, 3.05) is 0 Å². The third-order valence-electron chi connectivity index (χ3n) is 3.48. The van der Waals surface area contributed by atoms with Gasteiger partial charge in [-0.05, 0) is 31.0 Å². The van der Waals surface area contributed by atoms with Crippen LogP contribution >= 0.6 is 22.9 Å². The molecule has 1 aliphatic carbocycles. The highest BCUT2D eigenvalue weighted by atomic mass is 35.5. The predicted molar refractivity (Wildman–Crippen MR) is 84.8 cm³/mol. The summed E-state index contributed by atoms with van der Waals surface area (Å²) in [5, 5.41) is 7.60. The third kappa shape index (κ3) is 3.74. The zero-order valence-corrected chi connectivity index (χ0v) is 13.2. The lowest BCUT2D eigenvalue weighted by atomic mass is 10.1. The first kappa shape index (κ1) is 14.4. The Labute approximate surface area is 132 Å². The fraction of sp³-hybridized carbons (Fsp3) is 0.333. The molecule has 1 aliphatic rings. The van der Waals surface area contributed by atoms with Crippen LogP contribution in [0.3, 0.4) is 0 Å². The van der Waals surface area contributed by atoms with Gasteiger partial charge < -0.3 is 10.6 Å². The summed E-state index contributed by atoms with van der Waals surface area (Å²) in [7, 11) is 0. The Morgan fingerprint density at radius 1 is 1.52 bits per heavy atom. The molecule has 1 saturated carbocycles. The number of rotatable bonds is 4. The van der Waals surface area contributed by atoms with Crippen LogP contribution in [-0.2, 0) is 6.54 Å². The molecule has 21 heavy (non-hydrogen) atoms. The molecule has 0 bridgehead atoms. The van der Waals surface area contributed by atoms with E-state index >= 15 is 0 Å². The molecule has 1 aromatic heterocycles. The molecule has 0 saturated heterocycles. The Hall–Kier alpha value is -1.59. The summed E-state index contributed by atoms with van der Waals surface area (Å²) in [4.78, 5) is 17.1. The lowest BCUT2D eigenvalue weighted by Gasteiger charge is -2.06. The van der Waals surface area contributed by atoms with Crippen molar-refractivity contribution < 1.29 is 4.79 Å². The number of amides is 2. The minimum atomic E-state index is -0.129. The number of thiazole rings is 1. The fourth-order valence-electron chi connectivity index (χ4n) is 2.33. The highest BCUT2D eigenvalue weighted by molar-refractivity contribution is 7.11. The topological polar surface area (TPSA) is 54.0 Å². The largest absolute Gasteiger partial charge is 0.335 e. The van der Waals surface area contributed by atoms with Gasteiger partial charge in [0.05, 0.1) is 11.6 Å². The number of carbonyl (C=O) groups excluding carboxylic acids is 1. The molecule has 110 valence electrons. The molecule has 2 unspecified atom stereocenters. The van der Waals surface area contributed by atoms with Gasteiger partial charge in [0.25, 0.3) is 0 Å². The number of carbonyl (C=O) groups is 1. The minimum absolute atomic E-state index is 0.129. The average Bonchev–Trinajstić information content (AvgIpc) is 3.09. The Morgan fingerprint density at radius 3 is 3.10 bits per heavy atom. The Bertz CT molecular complexity index is 658. The zero-order valence-electron chi connectivity index (χ0n) is 11.6. The minimum Gasteiger partial charge on any atom is -0.335 e. The monoisotopic (exact) mass is 321 g/mol. The number of aromatic nitrogens is 1. The van der Waals surface area contributed by atoms with Crippen LogP contribution in [0.15, 0.2) is 30.5 Å². The Kier molecular flexibility index (Phi) is 4.12. The van der Waals surface area contributed by atoms with Gasteiger partial charge in [-0.15, -0.1) is 11.3 Å². The standard InChI is InChI=1S/C15H16ClN3OS/c1-9-17-7-12(21-9)8-18-15(20)19-14-6-13(14)10-3-2-4-11(16)5-10/h2-5,7,13-14H,6,8H2,1H3,(H2,18,19,20). The Balaban J connectivity index is 1.46. The maximum absolute atomic E-state index is 11.9. The summed E-state index contributed by atoms with van der Waals surface area (Å²) in [5.74, 6) is 0.375. The summed E-state index contributed by atoms with van der Waals surface area (Å²) in [6.45, 7) is 2.47. The van der Waals surface area contributed by atoms with Gasteiger partial charge in [0.1, 0.15) is 0 Å². The predicted octanol–water partition coefficient (Wildman–Crippen LogP) is 3.46. The van der Waals surface area contributed by atoms with Crippen molar-refractivity contribution in [3.05, 3.63) is 50.9 Å². The van der Waals surface area contributed by atoms with E-state index in [1.54, 1.807) is 17.5 Å². The second-order valence-corrected chi connectivity index (χ2v) is 6.93. The van der Waals surface area contributed by atoms with Gasteiger partial charge >= 0.3 is 6.03 Å². The van der Waals surface area contributed by atoms with Gasteiger partial charge in [0.15, 0.2) is 0 Å². The smallest absolute Gasteiger partial charge is 0.315 e. The van der Waals surface area contributed by atoms with Gasteiger partial charge in [-0.25, -0.2) is 9.78 Å². The van der Waals surface area contributed by atoms with E-state index in [2.05, 4.69) is 21.7 Å². The first-order valence-electron chi connectivity index (χ1n) is 6.83. The number of nitrogens with zero attached hydrogens (tertiary/aromatic N) is 1. The van der Waals surface area contributed by atoms with Crippen LogP contribution in [0.4, 0.5) is 4.79 Å². The molecule has 3 rings (SSSR count). The number of benzene rings is 1. The van der Waals surface area contributed by atoms with Gasteiger partial charge in [0, 0.05) is 28.1 Å². The number of halogens is 1. The maximum atomic E-state index is 11.9. The SMILES string of the molecule is Cc1ncc(CNC(=O)NC2CC2c2cccc(Cl)c2)s1. The maximum Gasteiger partial charge on any atom is 0.315 e. The van der Waals surface area contributed by atoms with Crippen molar-refractivity contribution in [3.63, 3.8) is 0 Å². The van der Waals surface area contributed by atoms with Gasteiger partial charge in [0.2, 0.25) is 0 Å². The van der Waals surface area contributed by atoms with E-state index in [1.807, 2.05) is 25.1 Å². The van der Waals surface area contributed by atoms with Gasteiger partial charge in [-0.2, -0.15) is 0 Å². The van der Waals surface area contributed by atoms with Crippen LogP contribution in [-0.4, -0.2) is 17.1 Å². The molecule has 2 aromatic rings. The van der Waals surface area contributed by atoms with E-state index in [0.29, 0.717) is 12.5 Å². The van der Waals surface area contributed by atoms with Crippen LogP contribution < -0.4 is 10.6 Å². The molecule has 0 aliphatic heterocycles. The van der Waals surface area contributed by atoms with Crippen molar-refractivity contribution >= 4 is 29.0 Å². The molecule has 4 nitrogen and oxygen atoms in total.